The number of hydroxylamine groups is 1. The maximum absolute atomic E-state index is 13.3. The highest BCUT2D eigenvalue weighted by Gasteiger charge is 2.19. The lowest BCUT2D eigenvalue weighted by Crippen LogP contribution is -2.23. The molecule has 0 atom stereocenters. The Bertz CT molecular complexity index is 1020. The number of halogens is 2. The molecule has 0 unspecified atom stereocenters. The number of amides is 1. The molecular weight excluding hydrogens is 421 g/mol. The van der Waals surface area contributed by atoms with E-state index < -0.39 is 11.7 Å². The van der Waals surface area contributed by atoms with Gasteiger partial charge in [0.25, 0.3) is 5.91 Å². The summed E-state index contributed by atoms with van der Waals surface area (Å²) in [6, 6.07) is 11.0. The van der Waals surface area contributed by atoms with Crippen LogP contribution in [0, 0.1) is 12.7 Å². The Morgan fingerprint density at radius 1 is 1.26 bits per heavy atom. The van der Waals surface area contributed by atoms with E-state index in [1.165, 1.54) is 18.2 Å². The number of hydrogen-bond donors (Lipinski definition) is 3. The lowest BCUT2D eigenvalue weighted by molar-refractivity contribution is 0.102. The van der Waals surface area contributed by atoms with Crippen LogP contribution in [0.4, 0.5) is 15.9 Å². The monoisotopic (exact) mass is 433 g/mol. The Balaban J connectivity index is 1.89. The zero-order valence-electron chi connectivity index (χ0n) is 13.9. The fourth-order valence-corrected chi connectivity index (χ4v) is 2.57. The van der Waals surface area contributed by atoms with Crippen LogP contribution >= 0.6 is 15.9 Å². The standard InChI is InChI=1S/C17H13BrFN5O3/c1-9-3-2-4-10(7-9)17(25)21-16-14(23-27-24-16)15(22-26)20-11-5-6-13(19)12(18)8-11/h2-8,26H,1H3,(H,20,22)(H,21,24,25). The van der Waals surface area contributed by atoms with Gasteiger partial charge >= 0.3 is 0 Å². The molecule has 1 amide bonds. The third kappa shape index (κ3) is 4.36. The molecule has 1 aromatic heterocycles. The van der Waals surface area contributed by atoms with Gasteiger partial charge in [0.1, 0.15) is 5.82 Å². The lowest BCUT2D eigenvalue weighted by Gasteiger charge is -2.06. The van der Waals surface area contributed by atoms with Gasteiger partial charge in [0.15, 0.2) is 11.5 Å². The van der Waals surface area contributed by atoms with Crippen LogP contribution in [0.25, 0.3) is 0 Å². The first-order valence-electron chi connectivity index (χ1n) is 7.62. The van der Waals surface area contributed by atoms with Gasteiger partial charge in [0.05, 0.1) is 10.2 Å². The summed E-state index contributed by atoms with van der Waals surface area (Å²) in [6.45, 7) is 1.86. The summed E-state index contributed by atoms with van der Waals surface area (Å²) in [5, 5.41) is 19.2. The molecule has 0 saturated heterocycles. The molecule has 0 aliphatic carbocycles. The number of aromatic nitrogens is 2. The van der Waals surface area contributed by atoms with Crippen LogP contribution in [-0.2, 0) is 0 Å². The molecule has 0 fully saturated rings. The topological polar surface area (TPSA) is 113 Å². The third-order valence-electron chi connectivity index (χ3n) is 3.48. The van der Waals surface area contributed by atoms with Crippen molar-refractivity contribution in [2.75, 3.05) is 5.32 Å². The summed E-state index contributed by atoms with van der Waals surface area (Å²) >= 11 is 3.05. The van der Waals surface area contributed by atoms with Gasteiger partial charge in [-0.1, -0.05) is 17.7 Å². The molecule has 10 heteroatoms. The first-order chi connectivity index (χ1) is 13.0. The van der Waals surface area contributed by atoms with Crippen molar-refractivity contribution >= 4 is 39.2 Å². The Morgan fingerprint density at radius 2 is 2.07 bits per heavy atom. The minimum absolute atomic E-state index is 0.0287. The van der Waals surface area contributed by atoms with Crippen LogP contribution in [0.2, 0.25) is 0 Å². The number of carbonyl (C=O) groups is 1. The molecule has 0 radical (unpaired) electrons. The normalized spacial score (nSPS) is 11.3. The molecule has 0 saturated carbocycles. The van der Waals surface area contributed by atoms with Crippen LogP contribution in [-0.4, -0.2) is 27.3 Å². The van der Waals surface area contributed by atoms with Gasteiger partial charge in [-0.2, -0.15) is 0 Å². The van der Waals surface area contributed by atoms with Crippen molar-refractivity contribution in [3.05, 3.63) is 69.6 Å². The summed E-state index contributed by atoms with van der Waals surface area (Å²) in [4.78, 5) is 16.5. The number of nitrogens with zero attached hydrogens (tertiary/aromatic N) is 3. The summed E-state index contributed by atoms with van der Waals surface area (Å²) < 4.78 is 18.2. The molecule has 0 bridgehead atoms. The highest BCUT2D eigenvalue weighted by molar-refractivity contribution is 9.10. The van der Waals surface area contributed by atoms with Gasteiger partial charge < -0.3 is 5.32 Å². The number of rotatable bonds is 4. The number of aliphatic imine (C=N–C) groups is 1. The smallest absolute Gasteiger partial charge is 0.256 e. The Kier molecular flexibility index (Phi) is 5.57. The summed E-state index contributed by atoms with van der Waals surface area (Å²) in [6.07, 6.45) is 0. The minimum Gasteiger partial charge on any atom is -0.302 e. The Morgan fingerprint density at radius 3 is 2.78 bits per heavy atom. The maximum Gasteiger partial charge on any atom is 0.256 e. The van der Waals surface area contributed by atoms with Crippen molar-refractivity contribution in [1.82, 2.24) is 15.8 Å². The number of benzene rings is 2. The minimum atomic E-state index is -0.457. The van der Waals surface area contributed by atoms with Crippen molar-refractivity contribution in [2.45, 2.75) is 6.92 Å². The van der Waals surface area contributed by atoms with Crippen LogP contribution in [0.1, 0.15) is 21.6 Å². The van der Waals surface area contributed by atoms with E-state index >= 15 is 0 Å². The molecule has 3 aromatic rings. The van der Waals surface area contributed by atoms with Crippen LogP contribution < -0.4 is 10.8 Å². The molecule has 8 nitrogen and oxygen atoms in total. The second-order valence-corrected chi connectivity index (χ2v) is 6.31. The first kappa shape index (κ1) is 18.7. The zero-order chi connectivity index (χ0) is 19.4. The van der Waals surface area contributed by atoms with Gasteiger partial charge in [0.2, 0.25) is 5.82 Å². The van der Waals surface area contributed by atoms with Crippen molar-refractivity contribution in [2.24, 2.45) is 4.99 Å². The zero-order valence-corrected chi connectivity index (χ0v) is 15.5. The van der Waals surface area contributed by atoms with Crippen molar-refractivity contribution < 1.29 is 19.0 Å². The molecule has 3 rings (SSSR count). The van der Waals surface area contributed by atoms with Crippen LogP contribution in [0.3, 0.4) is 0 Å². The highest BCUT2D eigenvalue weighted by Crippen LogP contribution is 2.23. The van der Waals surface area contributed by atoms with Gasteiger partial charge in [-0.25, -0.2) is 14.0 Å². The van der Waals surface area contributed by atoms with E-state index in [9.17, 15) is 14.4 Å². The first-order valence-corrected chi connectivity index (χ1v) is 8.42. The van der Waals surface area contributed by atoms with E-state index in [4.69, 9.17) is 0 Å². The fourth-order valence-electron chi connectivity index (χ4n) is 2.21. The van der Waals surface area contributed by atoms with E-state index in [0.717, 1.165) is 5.56 Å². The lowest BCUT2D eigenvalue weighted by atomic mass is 10.1. The Hall–Kier alpha value is -3.11. The largest absolute Gasteiger partial charge is 0.302 e. The van der Waals surface area contributed by atoms with Gasteiger partial charge in [0, 0.05) is 5.56 Å². The van der Waals surface area contributed by atoms with E-state index in [1.54, 1.807) is 18.2 Å². The molecular formula is C17H13BrFN5O3. The number of aryl methyl sites for hydroxylation is 1. The number of anilines is 1. The summed E-state index contributed by atoms with van der Waals surface area (Å²) in [7, 11) is 0. The molecule has 0 aliphatic heterocycles. The molecule has 138 valence electrons. The molecule has 1 heterocycles. The van der Waals surface area contributed by atoms with E-state index in [1.807, 2.05) is 18.5 Å². The van der Waals surface area contributed by atoms with Crippen LogP contribution in [0.5, 0.6) is 0 Å². The third-order valence-corrected chi connectivity index (χ3v) is 4.08. The number of hydrogen-bond acceptors (Lipinski definition) is 6. The summed E-state index contributed by atoms with van der Waals surface area (Å²) in [5.74, 6) is -1.07. The van der Waals surface area contributed by atoms with Crippen molar-refractivity contribution in [1.29, 1.82) is 0 Å². The number of amidine groups is 1. The average Bonchev–Trinajstić information content (AvgIpc) is 3.10. The van der Waals surface area contributed by atoms with E-state index in [-0.39, 0.29) is 21.8 Å². The maximum atomic E-state index is 13.3. The van der Waals surface area contributed by atoms with Crippen molar-refractivity contribution in [3.8, 4) is 0 Å². The predicted molar refractivity (Wildman–Crippen MR) is 98.6 cm³/mol. The van der Waals surface area contributed by atoms with Gasteiger partial charge in [-0.3, -0.25) is 15.5 Å². The van der Waals surface area contributed by atoms with E-state index in [2.05, 4.69) is 41.2 Å². The SMILES string of the molecule is Cc1cccc(C(=O)Nc2nonc2C(=Nc2ccc(F)c(Br)c2)NO)c1. The molecule has 3 N–H and O–H groups in total. The number of carbonyl (C=O) groups excluding carboxylic acids is 1. The Labute approximate surface area is 161 Å². The quantitative estimate of drug-likeness (QED) is 0.329. The number of nitrogens with one attached hydrogen (secondary N) is 2. The molecule has 2 aromatic carbocycles. The highest BCUT2D eigenvalue weighted by atomic mass is 79.9. The van der Waals surface area contributed by atoms with Crippen molar-refractivity contribution in [3.63, 3.8) is 0 Å². The van der Waals surface area contributed by atoms with E-state index in [0.29, 0.717) is 11.3 Å². The summed E-state index contributed by atoms with van der Waals surface area (Å²) in [5.41, 5.74) is 3.50. The predicted octanol–water partition coefficient (Wildman–Crippen LogP) is 3.59. The molecule has 27 heavy (non-hydrogen) atoms. The van der Waals surface area contributed by atoms with Crippen LogP contribution in [0.15, 0.2) is 56.6 Å². The second-order valence-electron chi connectivity index (χ2n) is 5.46. The van der Waals surface area contributed by atoms with Gasteiger partial charge in [-0.05, 0) is 63.5 Å². The fraction of sp³-hybridized carbons (Fsp3) is 0.0588. The molecule has 0 spiro atoms. The average molecular weight is 434 g/mol. The van der Waals surface area contributed by atoms with Gasteiger partial charge in [-0.15, -0.1) is 0 Å². The second kappa shape index (κ2) is 8.06. The molecule has 0 aliphatic rings.